The van der Waals surface area contributed by atoms with E-state index in [0.29, 0.717) is 13.0 Å². The number of carbonyl (C=O) groups excluding carboxylic acids is 1. The quantitative estimate of drug-likeness (QED) is 0.383. The number of likely N-dealkylation sites (tertiary alicyclic amines) is 1. The van der Waals surface area contributed by atoms with Gasteiger partial charge in [-0.15, -0.1) is 24.0 Å². The Hall–Kier alpha value is -0.530. The van der Waals surface area contributed by atoms with Gasteiger partial charge in [0.05, 0.1) is 6.54 Å². The van der Waals surface area contributed by atoms with Crippen molar-refractivity contribution in [3.05, 3.63) is 0 Å². The van der Waals surface area contributed by atoms with Gasteiger partial charge < -0.3 is 15.5 Å². The fourth-order valence-electron chi connectivity index (χ4n) is 3.62. The van der Waals surface area contributed by atoms with Gasteiger partial charge in [0.1, 0.15) is 0 Å². The number of halogens is 1. The Balaban J connectivity index is 0.00000264. The van der Waals surface area contributed by atoms with E-state index in [0.717, 1.165) is 50.4 Å². The average molecular weight is 436 g/mol. The van der Waals surface area contributed by atoms with Crippen LogP contribution in [-0.2, 0) is 4.79 Å². The van der Waals surface area contributed by atoms with Gasteiger partial charge in [-0.3, -0.25) is 9.79 Å². The molecule has 1 heterocycles. The van der Waals surface area contributed by atoms with Gasteiger partial charge >= 0.3 is 0 Å². The third-order valence-electron chi connectivity index (χ3n) is 4.78. The van der Waals surface area contributed by atoms with Crippen LogP contribution in [0.2, 0.25) is 0 Å². The zero-order valence-corrected chi connectivity index (χ0v) is 17.0. The van der Waals surface area contributed by atoms with E-state index in [9.17, 15) is 4.79 Å². The molecule has 0 aromatic rings. The van der Waals surface area contributed by atoms with Crippen molar-refractivity contribution in [1.29, 1.82) is 0 Å². The van der Waals surface area contributed by atoms with Crippen LogP contribution in [0.1, 0.15) is 52.4 Å². The van der Waals surface area contributed by atoms with Crippen LogP contribution in [0.25, 0.3) is 0 Å². The molecule has 6 heteroatoms. The van der Waals surface area contributed by atoms with Crippen molar-refractivity contribution in [2.45, 2.75) is 52.4 Å². The van der Waals surface area contributed by atoms with Crippen molar-refractivity contribution in [3.63, 3.8) is 0 Å². The molecule has 1 saturated heterocycles. The molecule has 0 spiro atoms. The molecule has 23 heavy (non-hydrogen) atoms. The summed E-state index contributed by atoms with van der Waals surface area (Å²) in [6, 6.07) is 0. The Morgan fingerprint density at radius 1 is 1.13 bits per heavy atom. The Bertz CT molecular complexity index is 375. The largest absolute Gasteiger partial charge is 0.357 e. The predicted molar refractivity (Wildman–Crippen MR) is 106 cm³/mol. The molecule has 2 aliphatic rings. The van der Waals surface area contributed by atoms with Gasteiger partial charge in [0.15, 0.2) is 5.96 Å². The summed E-state index contributed by atoms with van der Waals surface area (Å²) in [7, 11) is 0. The van der Waals surface area contributed by atoms with E-state index >= 15 is 0 Å². The first-order valence-corrected chi connectivity index (χ1v) is 9.04. The van der Waals surface area contributed by atoms with E-state index in [4.69, 9.17) is 0 Å². The molecule has 2 rings (SSSR count). The van der Waals surface area contributed by atoms with E-state index < -0.39 is 0 Å². The lowest BCUT2D eigenvalue weighted by Gasteiger charge is -2.22. The molecule has 1 aliphatic carbocycles. The summed E-state index contributed by atoms with van der Waals surface area (Å²) in [4.78, 5) is 18.7. The van der Waals surface area contributed by atoms with Crippen LogP contribution < -0.4 is 10.6 Å². The van der Waals surface area contributed by atoms with Gasteiger partial charge in [0, 0.05) is 32.6 Å². The van der Waals surface area contributed by atoms with Crippen LogP contribution in [0.5, 0.6) is 0 Å². The summed E-state index contributed by atoms with van der Waals surface area (Å²) >= 11 is 0. The molecule has 1 aliphatic heterocycles. The second-order valence-corrected chi connectivity index (χ2v) is 6.55. The highest BCUT2D eigenvalue weighted by atomic mass is 127. The summed E-state index contributed by atoms with van der Waals surface area (Å²) in [6.07, 6.45) is 6.99. The van der Waals surface area contributed by atoms with Crippen molar-refractivity contribution in [1.82, 2.24) is 15.5 Å². The Morgan fingerprint density at radius 3 is 2.35 bits per heavy atom. The number of carbonyl (C=O) groups is 1. The van der Waals surface area contributed by atoms with E-state index in [1.54, 1.807) is 0 Å². The van der Waals surface area contributed by atoms with E-state index in [-0.39, 0.29) is 29.9 Å². The molecule has 134 valence electrons. The summed E-state index contributed by atoms with van der Waals surface area (Å²) < 4.78 is 0. The van der Waals surface area contributed by atoms with Crippen LogP contribution >= 0.6 is 24.0 Å². The van der Waals surface area contributed by atoms with Crippen LogP contribution in [0, 0.1) is 11.8 Å². The summed E-state index contributed by atoms with van der Waals surface area (Å²) in [6.45, 7) is 8.66. The lowest BCUT2D eigenvalue weighted by atomic mass is 9.82. The Morgan fingerprint density at radius 2 is 1.78 bits per heavy atom. The fourth-order valence-corrected chi connectivity index (χ4v) is 3.62. The van der Waals surface area contributed by atoms with E-state index in [1.165, 1.54) is 25.7 Å². The zero-order chi connectivity index (χ0) is 15.8. The molecule has 2 fully saturated rings. The molecule has 5 nitrogen and oxygen atoms in total. The van der Waals surface area contributed by atoms with Crippen LogP contribution in [0.15, 0.2) is 4.99 Å². The number of rotatable bonds is 6. The van der Waals surface area contributed by atoms with Gasteiger partial charge in [0.25, 0.3) is 0 Å². The summed E-state index contributed by atoms with van der Waals surface area (Å²) in [5.41, 5.74) is 0. The van der Waals surface area contributed by atoms with Crippen molar-refractivity contribution in [2.75, 3.05) is 32.7 Å². The molecule has 1 amide bonds. The van der Waals surface area contributed by atoms with Crippen LogP contribution in [-0.4, -0.2) is 49.5 Å². The molecule has 2 N–H and O–H groups in total. The highest BCUT2D eigenvalue weighted by Crippen LogP contribution is 2.35. The lowest BCUT2D eigenvalue weighted by molar-refractivity contribution is -0.120. The van der Waals surface area contributed by atoms with Crippen LogP contribution in [0.4, 0.5) is 0 Å². The molecule has 0 aromatic heterocycles. The Kier molecular flexibility index (Phi) is 9.90. The van der Waals surface area contributed by atoms with Gasteiger partial charge in [-0.05, 0) is 38.0 Å². The normalized spacial score (nSPS) is 23.9. The van der Waals surface area contributed by atoms with Crippen LogP contribution in [0.3, 0.4) is 0 Å². The molecular weight excluding hydrogens is 403 g/mol. The van der Waals surface area contributed by atoms with Crippen molar-refractivity contribution in [3.8, 4) is 0 Å². The van der Waals surface area contributed by atoms with Crippen molar-refractivity contribution < 1.29 is 4.79 Å². The maximum Gasteiger partial charge on any atom is 0.221 e. The first-order valence-electron chi connectivity index (χ1n) is 9.04. The minimum absolute atomic E-state index is 0. The number of nitrogens with zero attached hydrogens (tertiary/aromatic N) is 2. The molecule has 0 aromatic carbocycles. The molecule has 2 unspecified atom stereocenters. The average Bonchev–Trinajstić information content (AvgIpc) is 2.96. The second kappa shape index (κ2) is 11.1. The zero-order valence-electron chi connectivity index (χ0n) is 14.6. The predicted octanol–water partition coefficient (Wildman–Crippen LogP) is 2.61. The third-order valence-corrected chi connectivity index (χ3v) is 4.78. The number of amides is 1. The molecule has 0 radical (unpaired) electrons. The number of nitrogens with one attached hydrogen (secondary N) is 2. The van der Waals surface area contributed by atoms with E-state index in [2.05, 4.69) is 34.4 Å². The van der Waals surface area contributed by atoms with Gasteiger partial charge in [0.2, 0.25) is 5.91 Å². The minimum Gasteiger partial charge on any atom is -0.357 e. The standard InChI is InChI=1S/C17H32N4O.HI/c1-3-10-19-16(22)9-11-20-17(18-4-2)21-12-14-7-5-6-8-15(14)13-21;/h14-15H,3-13H2,1-2H3,(H,18,20)(H,19,22);1H. The number of hydrogen-bond donors (Lipinski definition) is 2. The molecule has 0 bridgehead atoms. The fraction of sp³-hybridized carbons (Fsp3) is 0.882. The van der Waals surface area contributed by atoms with E-state index in [1.807, 2.05) is 0 Å². The van der Waals surface area contributed by atoms with Gasteiger partial charge in [-0.2, -0.15) is 0 Å². The summed E-state index contributed by atoms with van der Waals surface area (Å²) in [5.74, 6) is 2.81. The smallest absolute Gasteiger partial charge is 0.221 e. The maximum absolute atomic E-state index is 11.7. The lowest BCUT2D eigenvalue weighted by Crippen LogP contribution is -2.40. The number of hydrogen-bond acceptors (Lipinski definition) is 2. The number of aliphatic imine (C=N–C) groups is 1. The number of guanidine groups is 1. The summed E-state index contributed by atoms with van der Waals surface area (Å²) in [5, 5.41) is 6.30. The third kappa shape index (κ3) is 6.47. The van der Waals surface area contributed by atoms with Gasteiger partial charge in [-0.25, -0.2) is 0 Å². The molecule has 2 atom stereocenters. The first kappa shape index (κ1) is 20.5. The highest BCUT2D eigenvalue weighted by molar-refractivity contribution is 14.0. The monoisotopic (exact) mass is 436 g/mol. The Labute approximate surface area is 158 Å². The van der Waals surface area contributed by atoms with Gasteiger partial charge in [-0.1, -0.05) is 19.8 Å². The first-order chi connectivity index (χ1) is 10.7. The van der Waals surface area contributed by atoms with Crippen molar-refractivity contribution >= 4 is 35.8 Å². The highest BCUT2D eigenvalue weighted by Gasteiger charge is 2.35. The topological polar surface area (TPSA) is 56.7 Å². The second-order valence-electron chi connectivity index (χ2n) is 6.55. The number of fused-ring (bicyclic) bond motifs is 1. The SMILES string of the molecule is CCCNC(=O)CCN=C(NCC)N1CC2CCCCC2C1.I. The molecule has 1 saturated carbocycles. The maximum atomic E-state index is 11.7. The molecular formula is C17H33IN4O. The van der Waals surface area contributed by atoms with Crippen molar-refractivity contribution in [2.24, 2.45) is 16.8 Å². The minimum atomic E-state index is 0.